The highest BCUT2D eigenvalue weighted by molar-refractivity contribution is 7.85. The Kier molecular flexibility index (Phi) is 6.72. The van der Waals surface area contributed by atoms with Gasteiger partial charge in [0.25, 0.3) is 5.56 Å². The van der Waals surface area contributed by atoms with E-state index >= 15 is 0 Å². The molecule has 2 atom stereocenters. The molecule has 10 nitrogen and oxygen atoms in total. The predicted molar refractivity (Wildman–Crippen MR) is 125 cm³/mol. The van der Waals surface area contributed by atoms with E-state index in [-0.39, 0.29) is 22.3 Å². The lowest BCUT2D eigenvalue weighted by molar-refractivity contribution is -0.147. The molecular weight excluding hydrogens is 500 g/mol. The minimum Gasteiger partial charge on any atom is -0.481 e. The molecule has 2 aromatic carbocycles. The number of nitrogens with zero attached hydrogens (tertiary/aromatic N) is 2. The standard InChI is InChI=1S/C23H17ClN2O8S/c24-13-3-5-15(6-4-13)35(33)16-7-8-18-17(10-16)21(29)26(19(22(30)31)11-20(27)28)23(32)25(18)12-14-2-1-9-34-14/h1-10,19H,11-12H2,(H,27,28)(H,30,31). The van der Waals surface area contributed by atoms with Crippen LogP contribution in [0, 0.1) is 0 Å². The van der Waals surface area contributed by atoms with Gasteiger partial charge in [0.05, 0.1) is 40.9 Å². The molecule has 0 amide bonds. The quantitative estimate of drug-likeness (QED) is 0.363. The van der Waals surface area contributed by atoms with Crippen LogP contribution >= 0.6 is 11.6 Å². The highest BCUT2D eigenvalue weighted by Crippen LogP contribution is 2.22. The number of carboxylic acid groups (broad SMARTS) is 2. The molecule has 4 rings (SSSR count). The minimum absolute atomic E-state index is 0.104. The summed E-state index contributed by atoms with van der Waals surface area (Å²) in [6, 6.07) is 11.7. The first kappa shape index (κ1) is 24.2. The number of furan rings is 1. The maximum absolute atomic E-state index is 13.3. The average Bonchev–Trinajstić information content (AvgIpc) is 3.34. The van der Waals surface area contributed by atoms with E-state index in [2.05, 4.69) is 0 Å². The van der Waals surface area contributed by atoms with Crippen LogP contribution in [0.5, 0.6) is 0 Å². The summed E-state index contributed by atoms with van der Waals surface area (Å²) in [6.07, 6.45) is 0.392. The fraction of sp³-hybridized carbons (Fsp3) is 0.130. The van der Waals surface area contributed by atoms with E-state index in [9.17, 15) is 33.6 Å². The number of hydrogen-bond donors (Lipinski definition) is 2. The minimum atomic E-state index is -1.95. The number of aromatic nitrogens is 2. The second-order valence-corrected chi connectivity index (χ2v) is 9.39. The van der Waals surface area contributed by atoms with Gasteiger partial charge in [-0.3, -0.25) is 14.2 Å². The van der Waals surface area contributed by atoms with Crippen molar-refractivity contribution in [3.8, 4) is 0 Å². The molecule has 180 valence electrons. The normalized spacial score (nSPS) is 12.9. The molecule has 0 bridgehead atoms. The molecule has 0 fully saturated rings. The molecule has 2 heterocycles. The number of fused-ring (bicyclic) bond motifs is 1. The Labute approximate surface area is 204 Å². The van der Waals surface area contributed by atoms with Gasteiger partial charge in [-0.25, -0.2) is 18.4 Å². The lowest BCUT2D eigenvalue weighted by Gasteiger charge is -2.18. The first-order chi connectivity index (χ1) is 16.7. The molecule has 12 heteroatoms. The van der Waals surface area contributed by atoms with Crippen molar-refractivity contribution in [3.05, 3.63) is 92.5 Å². The Morgan fingerprint density at radius 1 is 1.03 bits per heavy atom. The molecule has 35 heavy (non-hydrogen) atoms. The van der Waals surface area contributed by atoms with Crippen molar-refractivity contribution < 1.29 is 28.4 Å². The number of rotatable bonds is 8. The first-order valence-corrected chi connectivity index (χ1v) is 11.6. The molecule has 0 saturated heterocycles. The smallest absolute Gasteiger partial charge is 0.332 e. The third kappa shape index (κ3) is 4.81. The van der Waals surface area contributed by atoms with Crippen molar-refractivity contribution in [1.82, 2.24) is 9.13 Å². The first-order valence-electron chi connectivity index (χ1n) is 10.1. The highest BCUT2D eigenvalue weighted by atomic mass is 35.5. The van der Waals surface area contributed by atoms with Crippen LogP contribution in [0.2, 0.25) is 5.02 Å². The molecule has 2 unspecified atom stereocenters. The van der Waals surface area contributed by atoms with Crippen molar-refractivity contribution in [2.45, 2.75) is 28.8 Å². The van der Waals surface area contributed by atoms with Crippen LogP contribution in [0.4, 0.5) is 0 Å². The van der Waals surface area contributed by atoms with Crippen molar-refractivity contribution in [3.63, 3.8) is 0 Å². The van der Waals surface area contributed by atoms with E-state index in [4.69, 9.17) is 16.0 Å². The zero-order valence-corrected chi connectivity index (χ0v) is 19.4. The van der Waals surface area contributed by atoms with Gasteiger partial charge in [-0.1, -0.05) is 11.6 Å². The zero-order valence-electron chi connectivity index (χ0n) is 17.8. The van der Waals surface area contributed by atoms with Gasteiger partial charge < -0.3 is 14.6 Å². The summed E-state index contributed by atoms with van der Waals surface area (Å²) in [5.41, 5.74) is -1.88. The molecule has 0 saturated carbocycles. The molecule has 0 aliphatic carbocycles. The molecule has 4 aromatic rings. The topological polar surface area (TPSA) is 149 Å². The number of halogens is 1. The summed E-state index contributed by atoms with van der Waals surface area (Å²) < 4.78 is 19.9. The van der Waals surface area contributed by atoms with Gasteiger partial charge in [0.2, 0.25) is 0 Å². The summed E-state index contributed by atoms with van der Waals surface area (Å²) in [6.45, 7) is -0.151. The lowest BCUT2D eigenvalue weighted by atomic mass is 10.2. The Morgan fingerprint density at radius 3 is 2.31 bits per heavy atom. The molecule has 0 spiro atoms. The van der Waals surface area contributed by atoms with E-state index in [0.717, 1.165) is 4.57 Å². The second-order valence-electron chi connectivity index (χ2n) is 7.48. The Morgan fingerprint density at radius 2 is 1.71 bits per heavy atom. The van der Waals surface area contributed by atoms with Crippen LogP contribution in [0.15, 0.2) is 84.7 Å². The SMILES string of the molecule is O=C(O)CC(C(=O)O)n1c(=O)c2cc(S(=O)c3ccc(Cl)cc3)ccc2n(Cc2ccco2)c1=O. The van der Waals surface area contributed by atoms with Crippen molar-refractivity contribution >= 4 is 45.2 Å². The highest BCUT2D eigenvalue weighted by Gasteiger charge is 2.29. The van der Waals surface area contributed by atoms with Gasteiger partial charge >= 0.3 is 17.6 Å². The van der Waals surface area contributed by atoms with Gasteiger partial charge in [-0.05, 0) is 54.6 Å². The van der Waals surface area contributed by atoms with E-state index in [1.807, 2.05) is 0 Å². The average molecular weight is 517 g/mol. The summed E-state index contributed by atoms with van der Waals surface area (Å²) in [7, 11) is -1.72. The van der Waals surface area contributed by atoms with Crippen LogP contribution in [0.25, 0.3) is 10.9 Å². The van der Waals surface area contributed by atoms with Crippen LogP contribution in [-0.4, -0.2) is 35.5 Å². The van der Waals surface area contributed by atoms with E-state index in [1.54, 1.807) is 36.4 Å². The molecule has 2 N–H and O–H groups in total. The van der Waals surface area contributed by atoms with Crippen LogP contribution in [-0.2, 0) is 26.9 Å². The van der Waals surface area contributed by atoms with E-state index < -0.39 is 46.4 Å². The van der Waals surface area contributed by atoms with Gasteiger partial charge in [0.1, 0.15) is 11.8 Å². The largest absolute Gasteiger partial charge is 0.481 e. The van der Waals surface area contributed by atoms with Gasteiger partial charge in [-0.2, -0.15) is 0 Å². The third-order valence-electron chi connectivity index (χ3n) is 5.25. The predicted octanol–water partition coefficient (Wildman–Crippen LogP) is 2.73. The molecule has 0 radical (unpaired) electrons. The number of carbonyl (C=O) groups is 2. The summed E-state index contributed by atoms with van der Waals surface area (Å²) in [5.74, 6) is -2.81. The van der Waals surface area contributed by atoms with E-state index in [1.165, 1.54) is 24.5 Å². The molecular formula is C23H17ClN2O8S. The lowest BCUT2D eigenvalue weighted by Crippen LogP contribution is -2.45. The summed E-state index contributed by atoms with van der Waals surface area (Å²) in [5, 5.41) is 19.1. The monoisotopic (exact) mass is 516 g/mol. The molecule has 2 aromatic heterocycles. The Balaban J connectivity index is 1.98. The number of carboxylic acids is 2. The third-order valence-corrected chi connectivity index (χ3v) is 6.88. The van der Waals surface area contributed by atoms with Crippen LogP contribution < -0.4 is 11.2 Å². The van der Waals surface area contributed by atoms with E-state index in [0.29, 0.717) is 20.2 Å². The Bertz CT molecular complexity index is 1570. The van der Waals surface area contributed by atoms with Gasteiger partial charge in [0, 0.05) is 14.8 Å². The molecule has 0 aliphatic heterocycles. The number of aliphatic carboxylic acids is 2. The van der Waals surface area contributed by atoms with Crippen LogP contribution in [0.3, 0.4) is 0 Å². The molecule has 0 aliphatic rings. The number of benzene rings is 2. The Hall–Kier alpha value is -3.96. The summed E-state index contributed by atoms with van der Waals surface area (Å²) >= 11 is 5.89. The van der Waals surface area contributed by atoms with Crippen molar-refractivity contribution in [2.75, 3.05) is 0 Å². The number of hydrogen-bond acceptors (Lipinski definition) is 6. The summed E-state index contributed by atoms with van der Waals surface area (Å²) in [4.78, 5) is 50.4. The van der Waals surface area contributed by atoms with Crippen molar-refractivity contribution in [2.24, 2.45) is 0 Å². The van der Waals surface area contributed by atoms with Crippen LogP contribution in [0.1, 0.15) is 18.2 Å². The zero-order chi connectivity index (χ0) is 25.3. The van der Waals surface area contributed by atoms with Gasteiger partial charge in [-0.15, -0.1) is 0 Å². The van der Waals surface area contributed by atoms with Crippen molar-refractivity contribution in [1.29, 1.82) is 0 Å². The second kappa shape index (κ2) is 9.72. The maximum atomic E-state index is 13.3. The van der Waals surface area contributed by atoms with Gasteiger partial charge in [0.15, 0.2) is 0 Å². The maximum Gasteiger partial charge on any atom is 0.332 e. The fourth-order valence-electron chi connectivity index (χ4n) is 3.62. The fourth-order valence-corrected chi connectivity index (χ4v) is 4.82.